The van der Waals surface area contributed by atoms with Crippen molar-refractivity contribution in [2.24, 2.45) is 0 Å². The van der Waals surface area contributed by atoms with Gasteiger partial charge in [0.05, 0.1) is 24.6 Å². The maximum Gasteiger partial charge on any atom is 0.263 e. The number of carbonyl (C=O) groups is 2. The van der Waals surface area contributed by atoms with E-state index in [1.807, 2.05) is 46.7 Å². The Bertz CT molecular complexity index is 1010. The maximum absolute atomic E-state index is 12.7. The average molecular weight is 442 g/mol. The fraction of sp³-hybridized carbons (Fsp3) is 0.318. The number of thiazole rings is 1. The minimum atomic E-state index is -0.0888. The molecular weight excluding hydrogens is 418 g/mol. The van der Waals surface area contributed by atoms with Crippen LogP contribution in [0, 0.1) is 0 Å². The van der Waals surface area contributed by atoms with Crippen LogP contribution in [0.3, 0.4) is 0 Å². The van der Waals surface area contributed by atoms with E-state index in [0.29, 0.717) is 24.4 Å². The molecule has 2 aromatic heterocycles. The van der Waals surface area contributed by atoms with Crippen LogP contribution in [0.2, 0.25) is 0 Å². The van der Waals surface area contributed by atoms with Crippen molar-refractivity contribution in [1.29, 1.82) is 0 Å². The lowest BCUT2D eigenvalue weighted by Gasteiger charge is -2.32. The summed E-state index contributed by atoms with van der Waals surface area (Å²) in [5, 5.41) is 5.97. The Morgan fingerprint density at radius 2 is 2.00 bits per heavy atom. The van der Waals surface area contributed by atoms with Crippen molar-refractivity contribution in [1.82, 2.24) is 15.2 Å². The molecule has 156 valence electrons. The molecule has 1 N–H and O–H groups in total. The summed E-state index contributed by atoms with van der Waals surface area (Å²) in [5.74, 6) is 0.737. The van der Waals surface area contributed by atoms with Gasteiger partial charge in [-0.15, -0.1) is 22.7 Å². The second kappa shape index (κ2) is 9.40. The number of hydrogen-bond donors (Lipinski definition) is 1. The zero-order chi connectivity index (χ0) is 20.9. The number of benzene rings is 1. The monoisotopic (exact) mass is 441 g/mol. The molecule has 0 atom stereocenters. The fourth-order valence-electron chi connectivity index (χ4n) is 3.55. The summed E-state index contributed by atoms with van der Waals surface area (Å²) < 4.78 is 5.34. The number of hydrogen-bond acceptors (Lipinski definition) is 6. The van der Waals surface area contributed by atoms with Gasteiger partial charge < -0.3 is 15.0 Å². The van der Waals surface area contributed by atoms with Crippen LogP contribution in [-0.2, 0) is 11.2 Å². The zero-order valence-corrected chi connectivity index (χ0v) is 18.3. The Morgan fingerprint density at radius 1 is 1.20 bits per heavy atom. The number of amides is 2. The molecule has 3 aromatic rings. The average Bonchev–Trinajstić information content (AvgIpc) is 3.46. The SMILES string of the molecule is COc1ccccc1CC(=O)N1CCC(NC(=O)c2cnc(-c3cccs3)s2)CC1. The molecule has 0 bridgehead atoms. The molecule has 2 amide bonds. The Hall–Kier alpha value is -2.71. The molecular formula is C22H23N3O3S2. The summed E-state index contributed by atoms with van der Waals surface area (Å²) in [4.78, 5) is 33.2. The van der Waals surface area contributed by atoms with Gasteiger partial charge in [-0.2, -0.15) is 0 Å². The number of nitrogens with zero attached hydrogens (tertiary/aromatic N) is 2. The molecule has 1 aliphatic heterocycles. The Morgan fingerprint density at radius 3 is 2.73 bits per heavy atom. The fourth-order valence-corrected chi connectivity index (χ4v) is 5.17. The van der Waals surface area contributed by atoms with Gasteiger partial charge in [0, 0.05) is 24.7 Å². The van der Waals surface area contributed by atoms with Crippen molar-refractivity contribution in [3.8, 4) is 15.6 Å². The van der Waals surface area contributed by atoms with Crippen LogP contribution in [0.15, 0.2) is 48.0 Å². The highest BCUT2D eigenvalue weighted by Gasteiger charge is 2.25. The number of carbonyl (C=O) groups excluding carboxylic acids is 2. The van der Waals surface area contributed by atoms with Gasteiger partial charge in [0.2, 0.25) is 5.91 Å². The molecule has 1 fully saturated rings. The first-order valence-corrected chi connectivity index (χ1v) is 11.5. The van der Waals surface area contributed by atoms with E-state index >= 15 is 0 Å². The standard InChI is InChI=1S/C22H23N3O3S2/c1-28-17-6-3-2-5-15(17)13-20(26)25-10-8-16(9-11-25)24-21(27)19-14-23-22(30-19)18-7-4-12-29-18/h2-7,12,14,16H,8-11,13H2,1H3,(H,24,27). The van der Waals surface area contributed by atoms with Gasteiger partial charge in [0.15, 0.2) is 0 Å². The number of aromatic nitrogens is 1. The normalized spacial score (nSPS) is 14.5. The highest BCUT2D eigenvalue weighted by atomic mass is 32.1. The summed E-state index contributed by atoms with van der Waals surface area (Å²) >= 11 is 3.02. The van der Waals surface area contributed by atoms with Crippen LogP contribution in [-0.4, -0.2) is 47.9 Å². The molecule has 4 rings (SSSR count). The second-order valence-electron chi connectivity index (χ2n) is 7.12. The second-order valence-corrected chi connectivity index (χ2v) is 9.10. The van der Waals surface area contributed by atoms with Crippen LogP contribution in [0.5, 0.6) is 5.75 Å². The molecule has 0 radical (unpaired) electrons. The van der Waals surface area contributed by atoms with Crippen molar-refractivity contribution in [2.75, 3.05) is 20.2 Å². The molecule has 8 heteroatoms. The first-order valence-electron chi connectivity index (χ1n) is 9.84. The van der Waals surface area contributed by atoms with Gasteiger partial charge in [0.25, 0.3) is 5.91 Å². The van der Waals surface area contributed by atoms with E-state index in [4.69, 9.17) is 4.74 Å². The molecule has 30 heavy (non-hydrogen) atoms. The quantitative estimate of drug-likeness (QED) is 0.631. The van der Waals surface area contributed by atoms with Gasteiger partial charge in [-0.05, 0) is 30.4 Å². The Kier molecular flexibility index (Phi) is 6.44. The largest absolute Gasteiger partial charge is 0.496 e. The Balaban J connectivity index is 1.28. The summed E-state index contributed by atoms with van der Waals surface area (Å²) in [6, 6.07) is 11.6. The number of ether oxygens (including phenoxy) is 1. The molecule has 0 spiro atoms. The topological polar surface area (TPSA) is 71.5 Å². The van der Waals surface area contributed by atoms with Gasteiger partial charge >= 0.3 is 0 Å². The lowest BCUT2D eigenvalue weighted by Crippen LogP contribution is -2.46. The highest BCUT2D eigenvalue weighted by molar-refractivity contribution is 7.21. The van der Waals surface area contributed by atoms with Crippen LogP contribution in [0.4, 0.5) is 0 Å². The number of thiophene rings is 1. The number of methoxy groups -OCH3 is 1. The lowest BCUT2D eigenvalue weighted by molar-refractivity contribution is -0.131. The molecule has 1 saturated heterocycles. The summed E-state index contributed by atoms with van der Waals surface area (Å²) in [5.41, 5.74) is 0.896. The Labute approximate surface area is 183 Å². The van der Waals surface area contributed by atoms with Gasteiger partial charge in [-0.25, -0.2) is 4.98 Å². The number of nitrogens with one attached hydrogen (secondary N) is 1. The van der Waals surface area contributed by atoms with E-state index in [1.54, 1.807) is 24.6 Å². The van der Waals surface area contributed by atoms with Crippen molar-refractivity contribution in [3.63, 3.8) is 0 Å². The van der Waals surface area contributed by atoms with Crippen LogP contribution in [0.25, 0.3) is 9.88 Å². The smallest absolute Gasteiger partial charge is 0.263 e. The van der Waals surface area contributed by atoms with Crippen molar-refractivity contribution < 1.29 is 14.3 Å². The lowest BCUT2D eigenvalue weighted by atomic mass is 10.0. The van der Waals surface area contributed by atoms with E-state index < -0.39 is 0 Å². The summed E-state index contributed by atoms with van der Waals surface area (Å²) in [7, 11) is 1.62. The van der Waals surface area contributed by atoms with E-state index in [9.17, 15) is 9.59 Å². The van der Waals surface area contributed by atoms with Gasteiger partial charge in [-0.1, -0.05) is 24.3 Å². The van der Waals surface area contributed by atoms with Crippen molar-refractivity contribution >= 4 is 34.5 Å². The molecule has 0 saturated carbocycles. The molecule has 1 aliphatic rings. The third-order valence-electron chi connectivity index (χ3n) is 5.18. The number of likely N-dealkylation sites (tertiary alicyclic amines) is 1. The van der Waals surface area contributed by atoms with Crippen molar-refractivity contribution in [3.05, 3.63) is 58.4 Å². The number of rotatable bonds is 6. The molecule has 3 heterocycles. The van der Waals surface area contributed by atoms with Crippen LogP contribution >= 0.6 is 22.7 Å². The maximum atomic E-state index is 12.7. The van der Waals surface area contributed by atoms with E-state index in [2.05, 4.69) is 10.3 Å². The van der Waals surface area contributed by atoms with E-state index in [-0.39, 0.29) is 17.9 Å². The zero-order valence-electron chi connectivity index (χ0n) is 16.7. The van der Waals surface area contributed by atoms with Crippen LogP contribution in [0.1, 0.15) is 28.1 Å². The molecule has 1 aromatic carbocycles. The van der Waals surface area contributed by atoms with Crippen molar-refractivity contribution in [2.45, 2.75) is 25.3 Å². The third kappa shape index (κ3) is 4.71. The minimum Gasteiger partial charge on any atom is -0.496 e. The molecule has 0 unspecified atom stereocenters. The molecule has 0 aliphatic carbocycles. The predicted molar refractivity (Wildman–Crippen MR) is 119 cm³/mol. The van der Waals surface area contributed by atoms with E-state index in [1.165, 1.54) is 11.3 Å². The first kappa shape index (κ1) is 20.6. The van der Waals surface area contributed by atoms with Crippen LogP contribution < -0.4 is 10.1 Å². The van der Waals surface area contributed by atoms with E-state index in [0.717, 1.165) is 34.0 Å². The third-order valence-corrected chi connectivity index (χ3v) is 7.21. The summed E-state index contributed by atoms with van der Waals surface area (Å²) in [6.45, 7) is 1.28. The predicted octanol–water partition coefficient (Wildman–Crippen LogP) is 3.84. The van der Waals surface area contributed by atoms with Gasteiger partial charge in [-0.3, -0.25) is 9.59 Å². The number of para-hydroxylation sites is 1. The van der Waals surface area contributed by atoms with Gasteiger partial charge in [0.1, 0.15) is 15.6 Å². The minimum absolute atomic E-state index is 0.0695. The number of piperidine rings is 1. The molecule has 6 nitrogen and oxygen atoms in total. The summed E-state index contributed by atoms with van der Waals surface area (Å²) in [6.07, 6.45) is 3.47. The first-order chi connectivity index (χ1) is 14.6. The highest BCUT2D eigenvalue weighted by Crippen LogP contribution is 2.29.